The number of hydrogen-bond acceptors (Lipinski definition) is 2. The summed E-state index contributed by atoms with van der Waals surface area (Å²) in [6, 6.07) is 11.8. The third kappa shape index (κ3) is 5.17. The molecule has 0 radical (unpaired) electrons. The Morgan fingerprint density at radius 3 is 2.35 bits per heavy atom. The molecule has 0 saturated heterocycles. The molecule has 7 heteroatoms. The van der Waals surface area contributed by atoms with Gasteiger partial charge >= 0.3 is 6.18 Å². The Morgan fingerprint density at radius 2 is 1.70 bits per heavy atom. The average molecular weight is 343 g/mol. The van der Waals surface area contributed by atoms with Crippen LogP contribution in [0.4, 0.5) is 24.5 Å². The Labute approximate surface area is 136 Å². The quantitative estimate of drug-likeness (QED) is 0.819. The summed E-state index contributed by atoms with van der Waals surface area (Å²) in [6.45, 7) is 0.293. The summed E-state index contributed by atoms with van der Waals surface area (Å²) >= 11 is 5.75. The maximum absolute atomic E-state index is 12.8. The fourth-order valence-corrected chi connectivity index (χ4v) is 2.07. The van der Waals surface area contributed by atoms with Crippen LogP contribution in [-0.2, 0) is 11.0 Å². The number of nitrogens with one attached hydrogen (secondary N) is 2. The van der Waals surface area contributed by atoms with E-state index in [2.05, 4.69) is 10.6 Å². The van der Waals surface area contributed by atoms with Gasteiger partial charge in [0.25, 0.3) is 0 Å². The second-order valence-corrected chi connectivity index (χ2v) is 5.21. The van der Waals surface area contributed by atoms with E-state index in [4.69, 9.17) is 11.6 Å². The van der Waals surface area contributed by atoms with Crippen LogP contribution < -0.4 is 10.6 Å². The molecule has 0 aliphatic rings. The number of rotatable bonds is 5. The minimum Gasteiger partial charge on any atom is -0.385 e. The van der Waals surface area contributed by atoms with Crippen LogP contribution in [0.2, 0.25) is 5.02 Å². The predicted octanol–water partition coefficient (Wildman–Crippen LogP) is 4.80. The number of benzene rings is 2. The molecule has 0 bridgehead atoms. The molecule has 0 heterocycles. The van der Waals surface area contributed by atoms with Crippen molar-refractivity contribution in [1.29, 1.82) is 0 Å². The zero-order chi connectivity index (χ0) is 16.9. The Bertz CT molecular complexity index is 672. The van der Waals surface area contributed by atoms with Crippen molar-refractivity contribution >= 4 is 28.9 Å². The van der Waals surface area contributed by atoms with Crippen molar-refractivity contribution < 1.29 is 18.0 Å². The molecule has 2 aromatic carbocycles. The molecule has 0 atom stereocenters. The smallest absolute Gasteiger partial charge is 0.385 e. The van der Waals surface area contributed by atoms with E-state index in [9.17, 15) is 18.0 Å². The van der Waals surface area contributed by atoms with Crippen molar-refractivity contribution in [3.05, 3.63) is 59.1 Å². The highest BCUT2D eigenvalue weighted by Crippen LogP contribution is 2.34. The monoisotopic (exact) mass is 342 g/mol. The largest absolute Gasteiger partial charge is 0.418 e. The molecule has 2 N–H and O–H groups in total. The molecular weight excluding hydrogens is 329 g/mol. The fourth-order valence-electron chi connectivity index (χ4n) is 1.94. The minimum atomic E-state index is -4.51. The van der Waals surface area contributed by atoms with Gasteiger partial charge in [-0.3, -0.25) is 4.79 Å². The Hall–Kier alpha value is -2.21. The summed E-state index contributed by atoms with van der Waals surface area (Å²) in [5.41, 5.74) is -0.326. The van der Waals surface area contributed by atoms with Gasteiger partial charge in [-0.1, -0.05) is 23.7 Å². The highest BCUT2D eigenvalue weighted by molar-refractivity contribution is 6.30. The first-order chi connectivity index (χ1) is 10.9. The van der Waals surface area contributed by atoms with Gasteiger partial charge in [0.05, 0.1) is 11.3 Å². The van der Waals surface area contributed by atoms with Crippen molar-refractivity contribution in [2.24, 2.45) is 0 Å². The third-order valence-corrected chi connectivity index (χ3v) is 3.28. The van der Waals surface area contributed by atoms with Crippen LogP contribution in [0.3, 0.4) is 0 Å². The lowest BCUT2D eigenvalue weighted by atomic mass is 10.1. The molecule has 0 aliphatic heterocycles. The van der Waals surface area contributed by atoms with Crippen LogP contribution in [0.15, 0.2) is 48.5 Å². The van der Waals surface area contributed by atoms with Gasteiger partial charge in [-0.15, -0.1) is 0 Å². The molecule has 0 fully saturated rings. The normalized spacial score (nSPS) is 11.1. The summed E-state index contributed by atoms with van der Waals surface area (Å²) in [5, 5.41) is 5.88. The molecule has 0 aliphatic carbocycles. The highest BCUT2D eigenvalue weighted by atomic mass is 35.5. The molecule has 23 heavy (non-hydrogen) atoms. The van der Waals surface area contributed by atoms with Crippen molar-refractivity contribution in [3.63, 3.8) is 0 Å². The van der Waals surface area contributed by atoms with Gasteiger partial charge in [-0.05, 0) is 36.4 Å². The lowest BCUT2D eigenvalue weighted by Gasteiger charge is -2.13. The standard InChI is InChI=1S/C16H14ClF3N2O/c17-11-5-7-12(8-6-11)21-10-9-15(23)22-14-4-2-1-3-13(14)16(18,19)20/h1-8,21H,9-10H2,(H,22,23). The zero-order valence-electron chi connectivity index (χ0n) is 12.0. The predicted molar refractivity (Wildman–Crippen MR) is 84.6 cm³/mol. The van der Waals surface area contributed by atoms with Crippen molar-refractivity contribution in [3.8, 4) is 0 Å². The average Bonchev–Trinajstić information content (AvgIpc) is 2.49. The van der Waals surface area contributed by atoms with Gasteiger partial charge < -0.3 is 10.6 Å². The second kappa shape index (κ2) is 7.37. The summed E-state index contributed by atoms with van der Waals surface area (Å²) in [7, 11) is 0. The molecule has 0 saturated carbocycles. The Morgan fingerprint density at radius 1 is 1.04 bits per heavy atom. The Balaban J connectivity index is 1.89. The summed E-state index contributed by atoms with van der Waals surface area (Å²) < 4.78 is 38.5. The van der Waals surface area contributed by atoms with E-state index in [1.807, 2.05) is 0 Å². The number of carbonyl (C=O) groups is 1. The Kier molecular flexibility index (Phi) is 5.50. The maximum atomic E-state index is 12.8. The van der Waals surface area contributed by atoms with Crippen LogP contribution in [0.1, 0.15) is 12.0 Å². The van der Waals surface area contributed by atoms with E-state index in [0.29, 0.717) is 11.6 Å². The first kappa shape index (κ1) is 17.1. The lowest BCUT2D eigenvalue weighted by molar-refractivity contribution is -0.137. The minimum absolute atomic E-state index is 0.0365. The second-order valence-electron chi connectivity index (χ2n) is 4.78. The molecule has 0 unspecified atom stereocenters. The molecular formula is C16H14ClF3N2O. The van der Waals surface area contributed by atoms with Crippen LogP contribution >= 0.6 is 11.6 Å². The number of carbonyl (C=O) groups excluding carboxylic acids is 1. The van der Waals surface area contributed by atoms with E-state index in [1.165, 1.54) is 18.2 Å². The number of amides is 1. The van der Waals surface area contributed by atoms with Crippen LogP contribution in [0, 0.1) is 0 Å². The summed E-state index contributed by atoms with van der Waals surface area (Å²) in [5.74, 6) is -0.497. The highest BCUT2D eigenvalue weighted by Gasteiger charge is 2.33. The first-order valence-electron chi connectivity index (χ1n) is 6.82. The maximum Gasteiger partial charge on any atom is 0.418 e. The van der Waals surface area contributed by atoms with E-state index < -0.39 is 17.6 Å². The molecule has 1 amide bonds. The molecule has 3 nitrogen and oxygen atoms in total. The number of halogens is 4. The van der Waals surface area contributed by atoms with Crippen molar-refractivity contribution in [1.82, 2.24) is 0 Å². The van der Waals surface area contributed by atoms with E-state index >= 15 is 0 Å². The van der Waals surface area contributed by atoms with Crippen LogP contribution in [-0.4, -0.2) is 12.5 Å². The number of hydrogen-bond donors (Lipinski definition) is 2. The number of alkyl halides is 3. The van der Waals surface area contributed by atoms with Gasteiger partial charge in [-0.25, -0.2) is 0 Å². The molecule has 2 aromatic rings. The first-order valence-corrected chi connectivity index (χ1v) is 7.19. The van der Waals surface area contributed by atoms with E-state index in [0.717, 1.165) is 11.8 Å². The molecule has 2 rings (SSSR count). The topological polar surface area (TPSA) is 41.1 Å². The lowest BCUT2D eigenvalue weighted by Crippen LogP contribution is -2.19. The van der Waals surface area contributed by atoms with Crippen LogP contribution in [0.5, 0.6) is 0 Å². The van der Waals surface area contributed by atoms with Gasteiger partial charge in [0.2, 0.25) is 5.91 Å². The van der Waals surface area contributed by atoms with E-state index in [-0.39, 0.29) is 12.1 Å². The summed E-state index contributed by atoms with van der Waals surface area (Å²) in [4.78, 5) is 11.8. The molecule has 0 spiro atoms. The van der Waals surface area contributed by atoms with Gasteiger partial charge in [0.15, 0.2) is 0 Å². The van der Waals surface area contributed by atoms with Gasteiger partial charge in [0, 0.05) is 23.7 Å². The molecule has 0 aromatic heterocycles. The zero-order valence-corrected chi connectivity index (χ0v) is 12.7. The SMILES string of the molecule is O=C(CCNc1ccc(Cl)cc1)Nc1ccccc1C(F)(F)F. The number of para-hydroxylation sites is 1. The van der Waals surface area contributed by atoms with E-state index in [1.54, 1.807) is 24.3 Å². The fraction of sp³-hybridized carbons (Fsp3) is 0.188. The van der Waals surface area contributed by atoms with Gasteiger partial charge in [0.1, 0.15) is 0 Å². The van der Waals surface area contributed by atoms with Crippen molar-refractivity contribution in [2.75, 3.05) is 17.2 Å². The third-order valence-electron chi connectivity index (χ3n) is 3.03. The van der Waals surface area contributed by atoms with Crippen molar-refractivity contribution in [2.45, 2.75) is 12.6 Å². The van der Waals surface area contributed by atoms with Crippen LogP contribution in [0.25, 0.3) is 0 Å². The van der Waals surface area contributed by atoms with Gasteiger partial charge in [-0.2, -0.15) is 13.2 Å². The molecule has 122 valence electrons. The number of anilines is 2. The summed E-state index contributed by atoms with van der Waals surface area (Å²) in [6.07, 6.45) is -4.47.